The molecule has 0 fully saturated rings. The number of nitrogens with zero attached hydrogens (tertiary/aromatic N) is 2. The van der Waals surface area contributed by atoms with Crippen molar-refractivity contribution in [1.82, 2.24) is 10.2 Å². The highest BCUT2D eigenvalue weighted by Gasteiger charge is 2.00. The molecule has 0 aliphatic carbocycles. The topological polar surface area (TPSA) is 25.8 Å². The first-order valence-electron chi connectivity index (χ1n) is 4.21. The molecule has 0 saturated heterocycles. The predicted octanol–water partition coefficient (Wildman–Crippen LogP) is 2.45. The van der Waals surface area contributed by atoms with Gasteiger partial charge in [0.05, 0.1) is 11.9 Å². The summed E-state index contributed by atoms with van der Waals surface area (Å²) in [6, 6.07) is 12.2. The highest BCUT2D eigenvalue weighted by Crippen LogP contribution is 2.19. The van der Waals surface area contributed by atoms with E-state index in [9.17, 15) is 0 Å². The number of benzene rings is 1. The molecule has 2 aromatic rings. The molecule has 0 amide bonds. The molecule has 64 valence electrons. The highest BCUT2D eigenvalue weighted by molar-refractivity contribution is 5.64. The fourth-order valence-electron chi connectivity index (χ4n) is 1.33. The minimum atomic E-state index is 0.966. The molecule has 2 nitrogen and oxygen atoms in total. The maximum Gasteiger partial charge on any atom is 0.0678 e. The molecule has 0 spiro atoms. The summed E-state index contributed by atoms with van der Waals surface area (Å²) >= 11 is 0. The van der Waals surface area contributed by atoms with E-state index in [1.54, 1.807) is 6.20 Å². The maximum absolute atomic E-state index is 4.01. The molecule has 2 heteroatoms. The van der Waals surface area contributed by atoms with Crippen LogP contribution in [0.3, 0.4) is 0 Å². The maximum atomic E-state index is 4.01. The van der Waals surface area contributed by atoms with Crippen molar-refractivity contribution in [3.63, 3.8) is 0 Å². The molecule has 13 heavy (non-hydrogen) atoms. The van der Waals surface area contributed by atoms with Gasteiger partial charge in [-0.15, -0.1) is 0 Å². The highest BCUT2D eigenvalue weighted by atomic mass is 15.1. The van der Waals surface area contributed by atoms with Crippen molar-refractivity contribution in [2.24, 2.45) is 0 Å². The Bertz CT molecular complexity index is 396. The van der Waals surface area contributed by atoms with Crippen LogP contribution >= 0.6 is 0 Å². The van der Waals surface area contributed by atoms with E-state index < -0.39 is 0 Å². The Balaban J connectivity index is 2.54. The number of rotatable bonds is 1. The molecule has 0 unspecified atom stereocenters. The summed E-state index contributed by atoms with van der Waals surface area (Å²) in [5, 5.41) is 7.83. The second kappa shape index (κ2) is 3.35. The van der Waals surface area contributed by atoms with Crippen molar-refractivity contribution >= 4 is 0 Å². The Morgan fingerprint density at radius 2 is 1.77 bits per heavy atom. The van der Waals surface area contributed by atoms with Crippen molar-refractivity contribution in [2.45, 2.75) is 6.92 Å². The van der Waals surface area contributed by atoms with Gasteiger partial charge in [0.15, 0.2) is 0 Å². The minimum Gasteiger partial charge on any atom is -0.159 e. The van der Waals surface area contributed by atoms with Crippen molar-refractivity contribution < 1.29 is 0 Å². The van der Waals surface area contributed by atoms with Crippen molar-refractivity contribution in [2.75, 3.05) is 0 Å². The van der Waals surface area contributed by atoms with Crippen LogP contribution in [0.5, 0.6) is 0 Å². The van der Waals surface area contributed by atoms with Crippen LogP contribution in [0.1, 0.15) is 5.69 Å². The zero-order valence-electron chi connectivity index (χ0n) is 7.44. The van der Waals surface area contributed by atoms with Gasteiger partial charge in [0.25, 0.3) is 0 Å². The van der Waals surface area contributed by atoms with Crippen LogP contribution in [0.2, 0.25) is 0 Å². The first-order valence-corrected chi connectivity index (χ1v) is 4.21. The second-order valence-corrected chi connectivity index (χ2v) is 2.90. The summed E-state index contributed by atoms with van der Waals surface area (Å²) in [4.78, 5) is 0. The van der Waals surface area contributed by atoms with Gasteiger partial charge >= 0.3 is 0 Å². The lowest BCUT2D eigenvalue weighted by Crippen LogP contribution is -1.88. The van der Waals surface area contributed by atoms with E-state index in [2.05, 4.69) is 22.3 Å². The Labute approximate surface area is 77.3 Å². The molecule has 0 aliphatic heterocycles. The van der Waals surface area contributed by atoms with Crippen LogP contribution in [0.25, 0.3) is 11.1 Å². The van der Waals surface area contributed by atoms with Gasteiger partial charge in [-0.3, -0.25) is 0 Å². The SMILES string of the molecule is Cc1nnccc1-c1ccccc1. The number of hydrogen-bond acceptors (Lipinski definition) is 2. The van der Waals surface area contributed by atoms with Gasteiger partial charge in [0.1, 0.15) is 0 Å². The molecule has 0 saturated carbocycles. The summed E-state index contributed by atoms with van der Waals surface area (Å²) in [6.45, 7) is 1.97. The largest absolute Gasteiger partial charge is 0.159 e. The van der Waals surface area contributed by atoms with Crippen LogP contribution in [-0.4, -0.2) is 10.2 Å². The van der Waals surface area contributed by atoms with Crippen molar-refractivity contribution in [3.8, 4) is 11.1 Å². The summed E-state index contributed by atoms with van der Waals surface area (Å²) in [5.74, 6) is 0. The molecule has 0 aliphatic rings. The molecule has 2 rings (SSSR count). The monoisotopic (exact) mass is 170 g/mol. The summed E-state index contributed by atoms with van der Waals surface area (Å²) < 4.78 is 0. The van der Waals surface area contributed by atoms with Gasteiger partial charge in [0, 0.05) is 5.56 Å². The average Bonchev–Trinajstić information content (AvgIpc) is 2.20. The smallest absolute Gasteiger partial charge is 0.0678 e. The Hall–Kier alpha value is -1.70. The first kappa shape index (κ1) is 7.92. The van der Waals surface area contributed by atoms with Gasteiger partial charge in [-0.05, 0) is 18.6 Å². The Morgan fingerprint density at radius 3 is 2.46 bits per heavy atom. The molecular weight excluding hydrogens is 160 g/mol. The van der Waals surface area contributed by atoms with E-state index >= 15 is 0 Å². The molecule has 0 N–H and O–H groups in total. The molecule has 1 heterocycles. The van der Waals surface area contributed by atoms with Crippen LogP contribution in [0, 0.1) is 6.92 Å². The fourth-order valence-corrected chi connectivity index (χ4v) is 1.33. The molecular formula is C11H10N2. The van der Waals surface area contributed by atoms with Gasteiger partial charge in [-0.2, -0.15) is 10.2 Å². The third-order valence-electron chi connectivity index (χ3n) is 1.99. The van der Waals surface area contributed by atoms with E-state index in [1.165, 1.54) is 5.56 Å². The van der Waals surface area contributed by atoms with E-state index in [4.69, 9.17) is 0 Å². The van der Waals surface area contributed by atoms with Crippen LogP contribution in [-0.2, 0) is 0 Å². The Kier molecular flexibility index (Phi) is 2.04. The first-order chi connectivity index (χ1) is 6.38. The van der Waals surface area contributed by atoms with E-state index in [1.807, 2.05) is 31.2 Å². The number of aryl methyl sites for hydroxylation is 1. The zero-order chi connectivity index (χ0) is 9.10. The fraction of sp³-hybridized carbons (Fsp3) is 0.0909. The van der Waals surface area contributed by atoms with E-state index in [0.29, 0.717) is 0 Å². The average molecular weight is 170 g/mol. The second-order valence-electron chi connectivity index (χ2n) is 2.90. The predicted molar refractivity (Wildman–Crippen MR) is 52.2 cm³/mol. The molecule has 0 bridgehead atoms. The number of hydrogen-bond donors (Lipinski definition) is 0. The van der Waals surface area contributed by atoms with Crippen molar-refractivity contribution in [3.05, 3.63) is 48.3 Å². The summed E-state index contributed by atoms with van der Waals surface area (Å²) in [5.41, 5.74) is 3.30. The quantitative estimate of drug-likeness (QED) is 0.657. The van der Waals surface area contributed by atoms with E-state index in [0.717, 1.165) is 11.3 Å². The molecule has 0 radical (unpaired) electrons. The van der Waals surface area contributed by atoms with Crippen LogP contribution in [0.4, 0.5) is 0 Å². The third kappa shape index (κ3) is 1.56. The standard InChI is InChI=1S/C11H10N2/c1-9-11(7-8-12-13-9)10-5-3-2-4-6-10/h2-8H,1H3. The zero-order valence-corrected chi connectivity index (χ0v) is 7.44. The van der Waals surface area contributed by atoms with E-state index in [-0.39, 0.29) is 0 Å². The lowest BCUT2D eigenvalue weighted by molar-refractivity contribution is 0.983. The lowest BCUT2D eigenvalue weighted by Gasteiger charge is -2.02. The van der Waals surface area contributed by atoms with Crippen molar-refractivity contribution in [1.29, 1.82) is 0 Å². The normalized spacial score (nSPS) is 9.92. The van der Waals surface area contributed by atoms with Gasteiger partial charge in [-0.25, -0.2) is 0 Å². The lowest BCUT2D eigenvalue weighted by atomic mass is 10.1. The van der Waals surface area contributed by atoms with Gasteiger partial charge < -0.3 is 0 Å². The minimum absolute atomic E-state index is 0.966. The third-order valence-corrected chi connectivity index (χ3v) is 1.99. The van der Waals surface area contributed by atoms with Crippen LogP contribution in [0.15, 0.2) is 42.6 Å². The summed E-state index contributed by atoms with van der Waals surface area (Å²) in [7, 11) is 0. The Morgan fingerprint density at radius 1 is 1.00 bits per heavy atom. The summed E-state index contributed by atoms with van der Waals surface area (Å²) in [6.07, 6.45) is 1.72. The molecule has 1 aromatic heterocycles. The van der Waals surface area contributed by atoms with Gasteiger partial charge in [-0.1, -0.05) is 30.3 Å². The number of aromatic nitrogens is 2. The van der Waals surface area contributed by atoms with Crippen LogP contribution < -0.4 is 0 Å². The van der Waals surface area contributed by atoms with Gasteiger partial charge in [0.2, 0.25) is 0 Å². The molecule has 0 atom stereocenters. The molecule has 1 aromatic carbocycles.